The highest BCUT2D eigenvalue weighted by Gasteiger charge is 2.18. The van der Waals surface area contributed by atoms with Gasteiger partial charge in [-0.3, -0.25) is 0 Å². The standard InChI is InChI=1S/C14H19ClFN/c15-13-6-4-11(5-7-13)9-17-10-12-2-1-3-14(16)8-12/h1-3,8,11,13,17H,4-7,9-10H2. The second-order valence-electron chi connectivity index (χ2n) is 4.88. The molecule has 1 N–H and O–H groups in total. The summed E-state index contributed by atoms with van der Waals surface area (Å²) in [6.07, 6.45) is 4.69. The Morgan fingerprint density at radius 1 is 1.24 bits per heavy atom. The van der Waals surface area contributed by atoms with Gasteiger partial charge in [-0.05, 0) is 55.8 Å². The smallest absolute Gasteiger partial charge is 0.123 e. The van der Waals surface area contributed by atoms with Gasteiger partial charge >= 0.3 is 0 Å². The molecule has 0 atom stereocenters. The van der Waals surface area contributed by atoms with Gasteiger partial charge in [0.05, 0.1) is 0 Å². The van der Waals surface area contributed by atoms with E-state index >= 15 is 0 Å². The van der Waals surface area contributed by atoms with E-state index in [9.17, 15) is 4.39 Å². The van der Waals surface area contributed by atoms with E-state index in [4.69, 9.17) is 11.6 Å². The molecule has 0 aliphatic heterocycles. The largest absolute Gasteiger partial charge is 0.312 e. The Morgan fingerprint density at radius 2 is 2.00 bits per heavy atom. The number of benzene rings is 1. The predicted octanol–water partition coefficient (Wildman–Crippen LogP) is 3.71. The third-order valence-electron chi connectivity index (χ3n) is 3.43. The Morgan fingerprint density at radius 3 is 2.71 bits per heavy atom. The molecule has 1 saturated carbocycles. The van der Waals surface area contributed by atoms with Crippen LogP contribution in [0.5, 0.6) is 0 Å². The Labute approximate surface area is 107 Å². The number of rotatable bonds is 4. The molecular formula is C14H19ClFN. The van der Waals surface area contributed by atoms with E-state index in [0.717, 1.165) is 37.4 Å². The van der Waals surface area contributed by atoms with Crippen LogP contribution in [-0.2, 0) is 6.54 Å². The number of hydrogen-bond donors (Lipinski definition) is 1. The van der Waals surface area contributed by atoms with E-state index < -0.39 is 0 Å². The summed E-state index contributed by atoms with van der Waals surface area (Å²) in [6, 6.07) is 6.77. The lowest BCUT2D eigenvalue weighted by atomic mass is 9.89. The SMILES string of the molecule is Fc1cccc(CNCC2CCC(Cl)CC2)c1. The third kappa shape index (κ3) is 4.29. The minimum Gasteiger partial charge on any atom is -0.312 e. The van der Waals surface area contributed by atoms with Crippen LogP contribution in [0.25, 0.3) is 0 Å². The van der Waals surface area contributed by atoms with Crippen molar-refractivity contribution in [3.63, 3.8) is 0 Å². The molecule has 2 rings (SSSR count). The zero-order valence-corrected chi connectivity index (χ0v) is 10.7. The summed E-state index contributed by atoms with van der Waals surface area (Å²) in [5.74, 6) is 0.575. The number of halogens is 2. The molecule has 1 aliphatic rings. The second-order valence-corrected chi connectivity index (χ2v) is 5.50. The van der Waals surface area contributed by atoms with Gasteiger partial charge in [-0.25, -0.2) is 4.39 Å². The first-order valence-corrected chi connectivity index (χ1v) is 6.77. The van der Waals surface area contributed by atoms with Crippen LogP contribution < -0.4 is 5.32 Å². The zero-order chi connectivity index (χ0) is 12.1. The van der Waals surface area contributed by atoms with Gasteiger partial charge in [0.1, 0.15) is 5.82 Å². The van der Waals surface area contributed by atoms with Gasteiger partial charge in [0.25, 0.3) is 0 Å². The van der Waals surface area contributed by atoms with Crippen LogP contribution >= 0.6 is 11.6 Å². The van der Waals surface area contributed by atoms with Crippen molar-refractivity contribution in [1.29, 1.82) is 0 Å². The molecule has 94 valence electrons. The van der Waals surface area contributed by atoms with Crippen molar-refractivity contribution >= 4 is 11.6 Å². The van der Waals surface area contributed by atoms with Crippen LogP contribution in [0, 0.1) is 11.7 Å². The molecule has 3 heteroatoms. The highest BCUT2D eigenvalue weighted by Crippen LogP contribution is 2.26. The summed E-state index contributed by atoms with van der Waals surface area (Å²) >= 11 is 6.07. The lowest BCUT2D eigenvalue weighted by Crippen LogP contribution is -2.26. The van der Waals surface area contributed by atoms with Gasteiger partial charge in [0.2, 0.25) is 0 Å². The molecule has 0 amide bonds. The molecule has 1 aliphatic carbocycles. The van der Waals surface area contributed by atoms with Gasteiger partial charge in [-0.1, -0.05) is 12.1 Å². The molecule has 0 aromatic heterocycles. The van der Waals surface area contributed by atoms with E-state index in [-0.39, 0.29) is 5.82 Å². The van der Waals surface area contributed by atoms with Gasteiger partial charge in [-0.2, -0.15) is 0 Å². The molecule has 1 aromatic carbocycles. The van der Waals surface area contributed by atoms with Crippen LogP contribution in [0.2, 0.25) is 0 Å². The Hall–Kier alpha value is -0.600. The first-order chi connectivity index (χ1) is 8.24. The first kappa shape index (κ1) is 12.8. The molecule has 0 unspecified atom stereocenters. The fourth-order valence-electron chi connectivity index (χ4n) is 2.39. The molecule has 0 radical (unpaired) electrons. The third-order valence-corrected chi connectivity index (χ3v) is 3.86. The van der Waals surface area contributed by atoms with E-state index in [1.807, 2.05) is 6.07 Å². The summed E-state index contributed by atoms with van der Waals surface area (Å²) in [7, 11) is 0. The first-order valence-electron chi connectivity index (χ1n) is 6.33. The van der Waals surface area contributed by atoms with Gasteiger partial charge < -0.3 is 5.32 Å². The summed E-state index contributed by atoms with van der Waals surface area (Å²) in [5, 5.41) is 3.79. The van der Waals surface area contributed by atoms with E-state index in [1.54, 1.807) is 12.1 Å². The quantitative estimate of drug-likeness (QED) is 0.809. The highest BCUT2D eigenvalue weighted by molar-refractivity contribution is 6.20. The molecule has 0 heterocycles. The maximum atomic E-state index is 12.9. The molecule has 1 aromatic rings. The van der Waals surface area contributed by atoms with Crippen LogP contribution in [0.1, 0.15) is 31.2 Å². The summed E-state index contributed by atoms with van der Waals surface area (Å²) in [5.41, 5.74) is 1.01. The van der Waals surface area contributed by atoms with Crippen molar-refractivity contribution < 1.29 is 4.39 Å². The fraction of sp³-hybridized carbons (Fsp3) is 0.571. The predicted molar refractivity (Wildman–Crippen MR) is 69.7 cm³/mol. The number of hydrogen-bond acceptors (Lipinski definition) is 1. The van der Waals surface area contributed by atoms with Crippen molar-refractivity contribution in [3.8, 4) is 0 Å². The van der Waals surface area contributed by atoms with Crippen molar-refractivity contribution in [2.75, 3.05) is 6.54 Å². The Bertz CT molecular complexity index is 348. The number of nitrogens with one attached hydrogen (secondary N) is 1. The molecule has 1 fully saturated rings. The van der Waals surface area contributed by atoms with Crippen molar-refractivity contribution in [2.45, 2.75) is 37.6 Å². The minimum atomic E-state index is -0.160. The van der Waals surface area contributed by atoms with E-state index in [2.05, 4.69) is 5.32 Å². The minimum absolute atomic E-state index is 0.160. The Kier molecular flexibility index (Phi) is 4.81. The summed E-state index contributed by atoms with van der Waals surface area (Å²) in [4.78, 5) is 0. The van der Waals surface area contributed by atoms with E-state index in [0.29, 0.717) is 5.38 Å². The maximum absolute atomic E-state index is 12.9. The van der Waals surface area contributed by atoms with Crippen molar-refractivity contribution in [2.24, 2.45) is 5.92 Å². The van der Waals surface area contributed by atoms with Crippen LogP contribution in [0.3, 0.4) is 0 Å². The van der Waals surface area contributed by atoms with Crippen molar-refractivity contribution in [1.82, 2.24) is 5.32 Å². The number of alkyl halides is 1. The molecule has 17 heavy (non-hydrogen) atoms. The molecule has 0 bridgehead atoms. The average molecular weight is 256 g/mol. The summed E-state index contributed by atoms with van der Waals surface area (Å²) < 4.78 is 12.9. The highest BCUT2D eigenvalue weighted by atomic mass is 35.5. The average Bonchev–Trinajstić information content (AvgIpc) is 2.32. The van der Waals surface area contributed by atoms with Gasteiger partial charge in [0.15, 0.2) is 0 Å². The lowest BCUT2D eigenvalue weighted by molar-refractivity contribution is 0.345. The molecular weight excluding hydrogens is 237 g/mol. The molecule has 1 nitrogen and oxygen atoms in total. The molecule has 0 saturated heterocycles. The lowest BCUT2D eigenvalue weighted by Gasteiger charge is -2.25. The Balaban J connectivity index is 1.69. The van der Waals surface area contributed by atoms with Crippen molar-refractivity contribution in [3.05, 3.63) is 35.6 Å². The monoisotopic (exact) mass is 255 g/mol. The summed E-state index contributed by atoms with van der Waals surface area (Å²) in [6.45, 7) is 1.76. The fourth-order valence-corrected chi connectivity index (χ4v) is 2.65. The van der Waals surface area contributed by atoms with Gasteiger partial charge in [0, 0.05) is 11.9 Å². The van der Waals surface area contributed by atoms with Crippen LogP contribution in [0.4, 0.5) is 4.39 Å². The van der Waals surface area contributed by atoms with Gasteiger partial charge in [-0.15, -0.1) is 11.6 Å². The topological polar surface area (TPSA) is 12.0 Å². The maximum Gasteiger partial charge on any atom is 0.123 e. The molecule has 0 spiro atoms. The van der Waals surface area contributed by atoms with E-state index in [1.165, 1.54) is 18.9 Å². The normalized spacial score (nSPS) is 24.8. The van der Waals surface area contributed by atoms with Crippen LogP contribution in [0.15, 0.2) is 24.3 Å². The second kappa shape index (κ2) is 6.36. The van der Waals surface area contributed by atoms with Crippen LogP contribution in [-0.4, -0.2) is 11.9 Å². The zero-order valence-electron chi connectivity index (χ0n) is 9.96.